The highest BCUT2D eigenvalue weighted by Gasteiger charge is 2.32. The SMILES string of the molecule is O=C1c2c(nc3ccc(F)cc3c2OCCc2ccccc2)-c2cccn21. The van der Waals surface area contributed by atoms with E-state index < -0.39 is 0 Å². The van der Waals surface area contributed by atoms with Gasteiger partial charge in [-0.2, -0.15) is 0 Å². The molecule has 0 amide bonds. The molecule has 27 heavy (non-hydrogen) atoms. The van der Waals surface area contributed by atoms with Gasteiger partial charge in [0, 0.05) is 18.0 Å². The zero-order chi connectivity index (χ0) is 18.4. The van der Waals surface area contributed by atoms with Crippen molar-refractivity contribution in [2.75, 3.05) is 6.61 Å². The molecule has 0 N–H and O–H groups in total. The summed E-state index contributed by atoms with van der Waals surface area (Å²) in [6.07, 6.45) is 2.40. The molecule has 0 aliphatic carbocycles. The van der Waals surface area contributed by atoms with Crippen molar-refractivity contribution in [3.05, 3.63) is 83.8 Å². The Labute approximate surface area is 154 Å². The lowest BCUT2D eigenvalue weighted by Gasteiger charge is -2.13. The molecule has 2 aromatic heterocycles. The number of rotatable bonds is 4. The number of carbonyl (C=O) groups is 1. The first kappa shape index (κ1) is 15.8. The quantitative estimate of drug-likeness (QED) is 0.476. The van der Waals surface area contributed by atoms with Gasteiger partial charge in [0.1, 0.15) is 22.8 Å². The van der Waals surface area contributed by atoms with Crippen LogP contribution in [0.1, 0.15) is 15.9 Å². The van der Waals surface area contributed by atoms with E-state index in [4.69, 9.17) is 4.74 Å². The second kappa shape index (κ2) is 6.06. The van der Waals surface area contributed by atoms with E-state index in [-0.39, 0.29) is 11.7 Å². The molecule has 0 spiro atoms. The maximum Gasteiger partial charge on any atom is 0.268 e. The van der Waals surface area contributed by atoms with E-state index in [0.29, 0.717) is 40.9 Å². The fourth-order valence-corrected chi connectivity index (χ4v) is 3.53. The number of fused-ring (bicyclic) bond motifs is 4. The van der Waals surface area contributed by atoms with Crippen LogP contribution >= 0.6 is 0 Å². The lowest BCUT2D eigenvalue weighted by Crippen LogP contribution is -2.10. The number of carbonyl (C=O) groups excluding carboxylic acids is 1. The first-order chi connectivity index (χ1) is 13.2. The fraction of sp³-hybridized carbons (Fsp3) is 0.0909. The zero-order valence-electron chi connectivity index (χ0n) is 14.4. The second-order valence-corrected chi connectivity index (χ2v) is 6.48. The van der Waals surface area contributed by atoms with Crippen LogP contribution in [0.5, 0.6) is 5.75 Å². The maximum atomic E-state index is 13.9. The van der Waals surface area contributed by atoms with Crippen LogP contribution in [0.15, 0.2) is 66.9 Å². The molecular weight excluding hydrogens is 343 g/mol. The topological polar surface area (TPSA) is 44.1 Å². The van der Waals surface area contributed by atoms with Crippen molar-refractivity contribution in [2.24, 2.45) is 0 Å². The molecule has 5 heteroatoms. The molecule has 4 nitrogen and oxygen atoms in total. The maximum absolute atomic E-state index is 13.9. The minimum absolute atomic E-state index is 0.196. The smallest absolute Gasteiger partial charge is 0.268 e. The van der Waals surface area contributed by atoms with Gasteiger partial charge in [-0.05, 0) is 35.9 Å². The molecule has 4 aromatic rings. The standard InChI is InChI=1S/C22H15FN2O2/c23-15-8-9-17-16(13-15)21(27-12-10-14-5-2-1-3-6-14)19-20(24-17)18-7-4-11-25(18)22(19)26/h1-9,11,13H,10,12H2. The lowest BCUT2D eigenvalue weighted by atomic mass is 10.1. The van der Waals surface area contributed by atoms with Crippen LogP contribution < -0.4 is 4.74 Å². The zero-order valence-corrected chi connectivity index (χ0v) is 14.4. The van der Waals surface area contributed by atoms with Gasteiger partial charge in [0.2, 0.25) is 0 Å². The number of hydrogen-bond acceptors (Lipinski definition) is 3. The average molecular weight is 358 g/mol. The molecule has 1 aliphatic heterocycles. The number of pyridine rings is 1. The Morgan fingerprint density at radius 3 is 2.74 bits per heavy atom. The number of hydrogen-bond donors (Lipinski definition) is 0. The second-order valence-electron chi connectivity index (χ2n) is 6.48. The van der Waals surface area contributed by atoms with E-state index in [9.17, 15) is 9.18 Å². The molecule has 0 bridgehead atoms. The van der Waals surface area contributed by atoms with Crippen LogP contribution in [0, 0.1) is 5.82 Å². The summed E-state index contributed by atoms with van der Waals surface area (Å²) in [6.45, 7) is 0.383. The normalized spacial score (nSPS) is 12.3. The monoisotopic (exact) mass is 358 g/mol. The number of ether oxygens (including phenoxy) is 1. The molecule has 0 fully saturated rings. The molecule has 0 saturated heterocycles. The van der Waals surface area contributed by atoms with Gasteiger partial charge in [-0.15, -0.1) is 0 Å². The fourth-order valence-electron chi connectivity index (χ4n) is 3.53. The third kappa shape index (κ3) is 2.51. The summed E-state index contributed by atoms with van der Waals surface area (Å²) >= 11 is 0. The number of halogens is 1. The third-order valence-electron chi connectivity index (χ3n) is 4.80. The van der Waals surface area contributed by atoms with Crippen molar-refractivity contribution in [1.82, 2.24) is 9.55 Å². The highest BCUT2D eigenvalue weighted by molar-refractivity contribution is 6.13. The minimum Gasteiger partial charge on any atom is -0.492 e. The Morgan fingerprint density at radius 2 is 1.89 bits per heavy atom. The van der Waals surface area contributed by atoms with Gasteiger partial charge in [-0.3, -0.25) is 9.36 Å². The van der Waals surface area contributed by atoms with Crippen molar-refractivity contribution in [3.8, 4) is 17.1 Å². The Morgan fingerprint density at radius 1 is 1.04 bits per heavy atom. The summed E-state index contributed by atoms with van der Waals surface area (Å²) in [6, 6.07) is 18.0. The van der Waals surface area contributed by atoms with E-state index >= 15 is 0 Å². The summed E-state index contributed by atoms with van der Waals surface area (Å²) in [7, 11) is 0. The highest BCUT2D eigenvalue weighted by atomic mass is 19.1. The van der Waals surface area contributed by atoms with Gasteiger partial charge in [0.05, 0.1) is 17.8 Å². The minimum atomic E-state index is -0.387. The van der Waals surface area contributed by atoms with Crippen molar-refractivity contribution in [2.45, 2.75) is 6.42 Å². The average Bonchev–Trinajstić information content (AvgIpc) is 3.26. The van der Waals surface area contributed by atoms with Crippen LogP contribution in [-0.4, -0.2) is 22.1 Å². The van der Waals surface area contributed by atoms with Crippen molar-refractivity contribution >= 4 is 16.8 Å². The van der Waals surface area contributed by atoms with E-state index in [1.54, 1.807) is 16.8 Å². The molecule has 3 heterocycles. The van der Waals surface area contributed by atoms with Crippen LogP contribution in [-0.2, 0) is 6.42 Å². The number of benzene rings is 2. The Hall–Kier alpha value is -3.47. The number of nitrogens with zero attached hydrogens (tertiary/aromatic N) is 2. The van der Waals surface area contributed by atoms with Gasteiger partial charge in [-0.1, -0.05) is 30.3 Å². The predicted molar refractivity (Wildman–Crippen MR) is 100 cm³/mol. The Kier molecular flexibility index (Phi) is 3.53. The first-order valence-corrected chi connectivity index (χ1v) is 8.75. The van der Waals surface area contributed by atoms with Gasteiger partial charge >= 0.3 is 0 Å². The Bertz CT molecular complexity index is 1180. The van der Waals surface area contributed by atoms with Crippen molar-refractivity contribution < 1.29 is 13.9 Å². The third-order valence-corrected chi connectivity index (χ3v) is 4.80. The van der Waals surface area contributed by atoms with Crippen LogP contribution in [0.2, 0.25) is 0 Å². The molecule has 132 valence electrons. The summed E-state index contributed by atoms with van der Waals surface area (Å²) in [5, 5.41) is 0.515. The van der Waals surface area contributed by atoms with Crippen LogP contribution in [0.25, 0.3) is 22.3 Å². The van der Waals surface area contributed by atoms with Crippen molar-refractivity contribution in [1.29, 1.82) is 0 Å². The van der Waals surface area contributed by atoms with Gasteiger partial charge in [0.15, 0.2) is 0 Å². The predicted octanol–water partition coefficient (Wildman–Crippen LogP) is 4.47. The van der Waals surface area contributed by atoms with E-state index in [0.717, 1.165) is 11.3 Å². The molecule has 0 atom stereocenters. The molecule has 0 unspecified atom stereocenters. The highest BCUT2D eigenvalue weighted by Crippen LogP contribution is 2.40. The van der Waals surface area contributed by atoms with Gasteiger partial charge < -0.3 is 4.74 Å². The summed E-state index contributed by atoms with van der Waals surface area (Å²) < 4.78 is 21.5. The molecule has 1 aliphatic rings. The first-order valence-electron chi connectivity index (χ1n) is 8.75. The van der Waals surface area contributed by atoms with Crippen LogP contribution in [0.4, 0.5) is 4.39 Å². The van der Waals surface area contributed by atoms with Crippen LogP contribution in [0.3, 0.4) is 0 Å². The summed E-state index contributed by atoms with van der Waals surface area (Å²) in [4.78, 5) is 17.5. The molecule has 5 rings (SSSR count). The molecule has 0 saturated carbocycles. The van der Waals surface area contributed by atoms with E-state index in [2.05, 4.69) is 4.98 Å². The molecular formula is C22H15FN2O2. The Balaban J connectivity index is 1.61. The van der Waals surface area contributed by atoms with Gasteiger partial charge in [-0.25, -0.2) is 9.37 Å². The summed E-state index contributed by atoms with van der Waals surface area (Å²) in [5.74, 6) is -0.181. The molecule has 0 radical (unpaired) electrons. The van der Waals surface area contributed by atoms with E-state index in [1.807, 2.05) is 42.5 Å². The largest absolute Gasteiger partial charge is 0.492 e. The number of aromatic nitrogens is 2. The summed E-state index contributed by atoms with van der Waals surface area (Å²) in [5.41, 5.74) is 3.45. The van der Waals surface area contributed by atoms with Crippen molar-refractivity contribution in [3.63, 3.8) is 0 Å². The molecule has 2 aromatic carbocycles. The van der Waals surface area contributed by atoms with Gasteiger partial charge in [0.25, 0.3) is 5.91 Å². The lowest BCUT2D eigenvalue weighted by molar-refractivity contribution is 0.0966. The van der Waals surface area contributed by atoms with E-state index in [1.165, 1.54) is 12.1 Å².